The van der Waals surface area contributed by atoms with Gasteiger partial charge in [0.1, 0.15) is 0 Å². The third-order valence-corrected chi connectivity index (χ3v) is 4.26. The highest BCUT2D eigenvalue weighted by Gasteiger charge is 2.30. The summed E-state index contributed by atoms with van der Waals surface area (Å²) in [6.45, 7) is 7.56. The first-order valence-corrected chi connectivity index (χ1v) is 8.65. The van der Waals surface area contributed by atoms with Gasteiger partial charge in [-0.05, 0) is 56.6 Å². The molecular formula is C19H24F3N3. The van der Waals surface area contributed by atoms with Gasteiger partial charge in [0.15, 0.2) is 5.82 Å². The topological polar surface area (TPSA) is 29.0 Å². The largest absolute Gasteiger partial charge is 0.416 e. The first kappa shape index (κ1) is 19.4. The van der Waals surface area contributed by atoms with E-state index >= 15 is 0 Å². The molecule has 0 aliphatic heterocycles. The normalized spacial score (nSPS) is 11.9. The Morgan fingerprint density at radius 2 is 1.52 bits per heavy atom. The molecule has 0 fully saturated rings. The standard InChI is InChI=1S/C19H24F3N3/c1-3-25(4-2)12-6-5-7-15-13-23-18(24-14-15)16-8-10-17(11-9-16)19(20,21)22/h8-11,13-14H,3-7,12H2,1-2H3. The molecule has 0 saturated carbocycles. The van der Waals surface area contributed by atoms with E-state index in [2.05, 4.69) is 28.7 Å². The fourth-order valence-corrected chi connectivity index (χ4v) is 2.65. The summed E-state index contributed by atoms with van der Waals surface area (Å²) in [5.41, 5.74) is 0.970. The van der Waals surface area contributed by atoms with Crippen molar-refractivity contribution < 1.29 is 13.2 Å². The number of aromatic nitrogens is 2. The van der Waals surface area contributed by atoms with Crippen LogP contribution in [0.2, 0.25) is 0 Å². The third-order valence-electron chi connectivity index (χ3n) is 4.26. The predicted molar refractivity (Wildman–Crippen MR) is 93.2 cm³/mol. The van der Waals surface area contributed by atoms with Gasteiger partial charge in [0.25, 0.3) is 0 Å². The van der Waals surface area contributed by atoms with Crippen molar-refractivity contribution in [3.05, 3.63) is 47.8 Å². The number of unbranched alkanes of at least 4 members (excludes halogenated alkanes) is 1. The zero-order valence-electron chi connectivity index (χ0n) is 14.7. The molecule has 0 saturated heterocycles. The van der Waals surface area contributed by atoms with Gasteiger partial charge in [-0.15, -0.1) is 0 Å². The van der Waals surface area contributed by atoms with Crippen molar-refractivity contribution in [3.8, 4) is 11.4 Å². The predicted octanol–water partition coefficient (Wildman–Crippen LogP) is 4.83. The number of alkyl halides is 3. The highest BCUT2D eigenvalue weighted by molar-refractivity contribution is 5.55. The van der Waals surface area contributed by atoms with E-state index in [0.717, 1.165) is 56.6 Å². The molecule has 0 aliphatic carbocycles. The Balaban J connectivity index is 1.89. The maximum Gasteiger partial charge on any atom is 0.416 e. The molecule has 0 spiro atoms. The average molecular weight is 351 g/mol. The van der Waals surface area contributed by atoms with Crippen LogP contribution in [0, 0.1) is 0 Å². The van der Waals surface area contributed by atoms with Crippen molar-refractivity contribution in [3.63, 3.8) is 0 Å². The minimum Gasteiger partial charge on any atom is -0.304 e. The van der Waals surface area contributed by atoms with Gasteiger partial charge in [-0.3, -0.25) is 0 Å². The van der Waals surface area contributed by atoms with E-state index in [0.29, 0.717) is 11.4 Å². The summed E-state index contributed by atoms with van der Waals surface area (Å²) in [4.78, 5) is 11.0. The summed E-state index contributed by atoms with van der Waals surface area (Å²) in [6, 6.07) is 4.92. The maximum atomic E-state index is 12.6. The minimum atomic E-state index is -4.33. The molecule has 0 N–H and O–H groups in total. The summed E-state index contributed by atoms with van der Waals surface area (Å²) >= 11 is 0. The lowest BCUT2D eigenvalue weighted by Gasteiger charge is -2.17. The van der Waals surface area contributed by atoms with Crippen LogP contribution in [0.1, 0.15) is 37.8 Å². The second-order valence-corrected chi connectivity index (χ2v) is 5.97. The summed E-state index contributed by atoms with van der Waals surface area (Å²) in [5.74, 6) is 0.445. The van der Waals surface area contributed by atoms with E-state index in [-0.39, 0.29) is 0 Å². The Morgan fingerprint density at radius 1 is 0.920 bits per heavy atom. The van der Waals surface area contributed by atoms with Gasteiger partial charge in [0.05, 0.1) is 5.56 Å². The van der Waals surface area contributed by atoms with Crippen LogP contribution in [0.4, 0.5) is 13.2 Å². The fourth-order valence-electron chi connectivity index (χ4n) is 2.65. The van der Waals surface area contributed by atoms with Crippen molar-refractivity contribution >= 4 is 0 Å². The molecule has 0 aliphatic rings. The summed E-state index contributed by atoms with van der Waals surface area (Å²) in [5, 5.41) is 0. The molecule has 0 radical (unpaired) electrons. The number of hydrogen-bond donors (Lipinski definition) is 0. The molecule has 136 valence electrons. The highest BCUT2D eigenvalue weighted by Crippen LogP contribution is 2.30. The van der Waals surface area contributed by atoms with Crippen molar-refractivity contribution in [2.75, 3.05) is 19.6 Å². The first-order chi connectivity index (χ1) is 11.9. The van der Waals surface area contributed by atoms with Gasteiger partial charge in [-0.1, -0.05) is 26.0 Å². The Morgan fingerprint density at radius 3 is 2.04 bits per heavy atom. The first-order valence-electron chi connectivity index (χ1n) is 8.65. The van der Waals surface area contributed by atoms with Gasteiger partial charge >= 0.3 is 6.18 Å². The number of aryl methyl sites for hydroxylation is 1. The van der Waals surface area contributed by atoms with E-state index in [1.807, 2.05) is 0 Å². The van der Waals surface area contributed by atoms with Crippen LogP contribution >= 0.6 is 0 Å². The highest BCUT2D eigenvalue weighted by atomic mass is 19.4. The van der Waals surface area contributed by atoms with E-state index in [9.17, 15) is 13.2 Å². The van der Waals surface area contributed by atoms with Crippen molar-refractivity contribution in [2.24, 2.45) is 0 Å². The lowest BCUT2D eigenvalue weighted by atomic mass is 10.1. The van der Waals surface area contributed by atoms with Crippen LogP contribution in [0.5, 0.6) is 0 Å². The maximum absolute atomic E-state index is 12.6. The van der Waals surface area contributed by atoms with E-state index in [1.54, 1.807) is 12.4 Å². The Hall–Kier alpha value is -1.95. The smallest absolute Gasteiger partial charge is 0.304 e. The molecular weight excluding hydrogens is 327 g/mol. The summed E-state index contributed by atoms with van der Waals surface area (Å²) in [7, 11) is 0. The minimum absolute atomic E-state index is 0.445. The van der Waals surface area contributed by atoms with Gasteiger partial charge in [-0.2, -0.15) is 13.2 Å². The number of halogens is 3. The van der Waals surface area contributed by atoms with Crippen LogP contribution in [0.15, 0.2) is 36.7 Å². The Labute approximate surface area is 146 Å². The second-order valence-electron chi connectivity index (χ2n) is 5.97. The van der Waals surface area contributed by atoms with Crippen molar-refractivity contribution in [2.45, 2.75) is 39.3 Å². The second kappa shape index (κ2) is 8.94. The van der Waals surface area contributed by atoms with Gasteiger partial charge < -0.3 is 4.90 Å². The van der Waals surface area contributed by atoms with E-state index < -0.39 is 11.7 Å². The molecule has 1 aromatic carbocycles. The Bertz CT molecular complexity index is 632. The zero-order valence-corrected chi connectivity index (χ0v) is 14.7. The van der Waals surface area contributed by atoms with Crippen LogP contribution in [0.25, 0.3) is 11.4 Å². The third kappa shape index (κ3) is 5.81. The lowest BCUT2D eigenvalue weighted by Crippen LogP contribution is -2.23. The van der Waals surface area contributed by atoms with Crippen LogP contribution in [0.3, 0.4) is 0 Å². The number of benzene rings is 1. The lowest BCUT2D eigenvalue weighted by molar-refractivity contribution is -0.137. The SMILES string of the molecule is CCN(CC)CCCCc1cnc(-c2ccc(C(F)(F)F)cc2)nc1. The monoisotopic (exact) mass is 351 g/mol. The molecule has 1 heterocycles. The molecule has 0 amide bonds. The van der Waals surface area contributed by atoms with Crippen molar-refractivity contribution in [1.29, 1.82) is 0 Å². The van der Waals surface area contributed by atoms with Crippen LogP contribution < -0.4 is 0 Å². The molecule has 25 heavy (non-hydrogen) atoms. The van der Waals surface area contributed by atoms with E-state index in [1.165, 1.54) is 12.1 Å². The van der Waals surface area contributed by atoms with Crippen molar-refractivity contribution in [1.82, 2.24) is 14.9 Å². The molecule has 6 heteroatoms. The zero-order chi connectivity index (χ0) is 18.3. The average Bonchev–Trinajstić information content (AvgIpc) is 2.62. The fraction of sp³-hybridized carbons (Fsp3) is 0.474. The molecule has 2 aromatic rings. The number of hydrogen-bond acceptors (Lipinski definition) is 3. The molecule has 0 atom stereocenters. The molecule has 0 unspecified atom stereocenters. The summed E-state index contributed by atoms with van der Waals surface area (Å²) in [6.07, 6.45) is 2.31. The molecule has 1 aromatic heterocycles. The van der Waals surface area contributed by atoms with E-state index in [4.69, 9.17) is 0 Å². The molecule has 2 rings (SSSR count). The van der Waals surface area contributed by atoms with Gasteiger partial charge in [0, 0.05) is 18.0 Å². The quantitative estimate of drug-likeness (QED) is 0.638. The molecule has 3 nitrogen and oxygen atoms in total. The van der Waals surface area contributed by atoms with Crippen LogP contribution in [-0.4, -0.2) is 34.5 Å². The van der Waals surface area contributed by atoms with Crippen LogP contribution in [-0.2, 0) is 12.6 Å². The number of rotatable bonds is 8. The number of nitrogens with zero attached hydrogens (tertiary/aromatic N) is 3. The Kier molecular flexibility index (Phi) is 6.93. The van der Waals surface area contributed by atoms with Gasteiger partial charge in [-0.25, -0.2) is 9.97 Å². The van der Waals surface area contributed by atoms with Gasteiger partial charge in [0.2, 0.25) is 0 Å². The molecule has 0 bridgehead atoms. The summed E-state index contributed by atoms with van der Waals surface area (Å²) < 4.78 is 37.8.